The lowest BCUT2D eigenvalue weighted by Crippen LogP contribution is -2.43. The molecule has 1 N–H and O–H groups in total. The van der Waals surface area contributed by atoms with Crippen LogP contribution in [0.25, 0.3) is 0 Å². The Bertz CT molecular complexity index is 1850. The van der Waals surface area contributed by atoms with Crippen molar-refractivity contribution in [1.82, 2.24) is 0 Å². The lowest BCUT2D eigenvalue weighted by molar-refractivity contribution is -0.201. The van der Waals surface area contributed by atoms with E-state index in [1.807, 2.05) is 127 Å². The van der Waals surface area contributed by atoms with Crippen LogP contribution in [0.5, 0.6) is 0 Å². The van der Waals surface area contributed by atoms with Crippen LogP contribution in [0.2, 0.25) is 0 Å². The van der Waals surface area contributed by atoms with Crippen molar-refractivity contribution < 1.29 is 47.8 Å². The quantitative estimate of drug-likeness (QED) is 0.0980. The van der Waals surface area contributed by atoms with Crippen LogP contribution in [-0.2, 0) is 64.3 Å². The summed E-state index contributed by atoms with van der Waals surface area (Å²) in [7, 11) is 0. The predicted octanol–water partition coefficient (Wildman–Crippen LogP) is 6.64. The first-order chi connectivity index (χ1) is 27.1. The van der Waals surface area contributed by atoms with Crippen LogP contribution in [0.4, 0.5) is 0 Å². The topological polar surface area (TPSA) is 111 Å². The smallest absolute Gasteiger partial charge is 0.338 e. The first-order valence-corrected chi connectivity index (χ1v) is 18.6. The van der Waals surface area contributed by atoms with Crippen molar-refractivity contribution in [1.29, 1.82) is 0 Å². The van der Waals surface area contributed by atoms with Crippen molar-refractivity contribution in [3.05, 3.63) is 179 Å². The Labute approximate surface area is 321 Å². The van der Waals surface area contributed by atoms with Crippen LogP contribution >= 0.6 is 0 Å². The van der Waals surface area contributed by atoms with Crippen molar-refractivity contribution in [3.63, 3.8) is 0 Å². The summed E-state index contributed by atoms with van der Waals surface area (Å²) in [5.41, 5.74) is 4.22. The van der Waals surface area contributed by atoms with Gasteiger partial charge in [-0.1, -0.05) is 140 Å². The van der Waals surface area contributed by atoms with Gasteiger partial charge in [0.15, 0.2) is 18.7 Å². The van der Waals surface area contributed by atoms with Crippen molar-refractivity contribution in [3.8, 4) is 0 Å². The highest BCUT2D eigenvalue weighted by Crippen LogP contribution is 2.33. The van der Waals surface area contributed by atoms with E-state index in [0.717, 1.165) is 22.3 Å². The molecule has 55 heavy (non-hydrogen) atoms. The van der Waals surface area contributed by atoms with Crippen molar-refractivity contribution in [2.24, 2.45) is 0 Å². The van der Waals surface area contributed by atoms with Gasteiger partial charge in [-0.2, -0.15) is 0 Å². The Hall–Kier alpha value is -4.75. The molecule has 0 amide bonds. The molecule has 0 bridgehead atoms. The monoisotopic (exact) mass is 746 g/mol. The maximum atomic E-state index is 13.6. The van der Waals surface area contributed by atoms with Crippen molar-refractivity contribution in [2.45, 2.75) is 75.6 Å². The van der Waals surface area contributed by atoms with Gasteiger partial charge in [0.05, 0.1) is 45.2 Å². The molecule has 10 nitrogen and oxygen atoms in total. The maximum Gasteiger partial charge on any atom is 0.338 e. The van der Waals surface area contributed by atoms with E-state index in [1.54, 1.807) is 24.3 Å². The summed E-state index contributed by atoms with van der Waals surface area (Å²) >= 11 is 0. The van der Waals surface area contributed by atoms with Gasteiger partial charge in [-0.15, -0.1) is 0 Å². The fraction of sp³-hybridized carbons (Fsp3) is 0.311. The number of carbonyl (C=O) groups excluding carboxylic acids is 1. The number of aliphatic hydroxyl groups excluding tert-OH is 1. The van der Waals surface area contributed by atoms with E-state index in [1.165, 1.54) is 0 Å². The number of hydrogen-bond acceptors (Lipinski definition) is 10. The third kappa shape index (κ3) is 10.7. The largest absolute Gasteiger partial charge is 0.450 e. The summed E-state index contributed by atoms with van der Waals surface area (Å²) in [6.07, 6.45) is -7.03. The molecule has 0 saturated carbocycles. The van der Waals surface area contributed by atoms with E-state index in [0.29, 0.717) is 12.2 Å². The zero-order chi connectivity index (χ0) is 37.7. The molecular weight excluding hydrogens is 700 g/mol. The lowest BCUT2D eigenvalue weighted by atomic mass is 10.1. The Balaban J connectivity index is 1.10. The molecule has 10 heteroatoms. The molecule has 0 radical (unpaired) electrons. The van der Waals surface area contributed by atoms with E-state index < -0.39 is 55.2 Å². The first kappa shape index (κ1) is 38.5. The highest BCUT2D eigenvalue weighted by molar-refractivity contribution is 5.89. The van der Waals surface area contributed by atoms with Crippen LogP contribution in [-0.4, -0.2) is 73.5 Å². The summed E-state index contributed by atoms with van der Waals surface area (Å²) in [6.45, 7) is 1.17. The SMILES string of the molecule is O=C(O[C@@H]1[C@@H](OC[C@H]2O[C@H](O)[C@@H](OCc3ccccc3)[C@@H]2OCc2ccccc2)O[C@H](COCc2ccccc2)[C@H]1OCc1ccccc1)c1ccccc1. The molecule has 2 aliphatic heterocycles. The molecule has 7 rings (SSSR count). The van der Waals surface area contributed by atoms with Gasteiger partial charge in [-0.05, 0) is 34.4 Å². The third-order valence-electron chi connectivity index (χ3n) is 9.48. The van der Waals surface area contributed by atoms with Crippen LogP contribution in [0.1, 0.15) is 32.6 Å². The van der Waals surface area contributed by atoms with Gasteiger partial charge >= 0.3 is 5.97 Å². The minimum Gasteiger partial charge on any atom is -0.450 e. The first-order valence-electron chi connectivity index (χ1n) is 18.6. The number of rotatable bonds is 18. The second kappa shape index (κ2) is 19.7. The second-order valence-corrected chi connectivity index (χ2v) is 13.5. The average Bonchev–Trinajstić information content (AvgIpc) is 3.73. The standard InChI is InChI=1S/C45H46O10/c46-43(36-24-14-5-15-25-36)55-42-40(50-28-34-20-10-3-11-21-34)37(30-48-26-32-16-6-1-7-17-32)54-45(42)52-31-38-39(49-27-33-18-8-2-9-19-33)41(44(47)53-38)51-29-35-22-12-4-13-23-35/h1-25,37-42,44-45,47H,26-31H2/t37-,38-,39-,40-,41+,42+,44+,45+/m1/s1. The molecule has 2 saturated heterocycles. The normalized spacial score (nSPS) is 24.8. The zero-order valence-corrected chi connectivity index (χ0v) is 30.4. The van der Waals surface area contributed by atoms with Gasteiger partial charge in [-0.25, -0.2) is 4.79 Å². The molecule has 0 spiro atoms. The number of aliphatic hydroxyl groups is 1. The van der Waals surface area contributed by atoms with Crippen molar-refractivity contribution in [2.75, 3.05) is 13.2 Å². The van der Waals surface area contributed by atoms with E-state index in [-0.39, 0.29) is 33.0 Å². The van der Waals surface area contributed by atoms with Gasteiger partial charge in [0.25, 0.3) is 0 Å². The van der Waals surface area contributed by atoms with Crippen molar-refractivity contribution >= 4 is 5.97 Å². The minimum absolute atomic E-state index is 0.0746. The van der Waals surface area contributed by atoms with Gasteiger partial charge < -0.3 is 43.0 Å². The van der Waals surface area contributed by atoms with Gasteiger partial charge in [0.1, 0.15) is 30.5 Å². The predicted molar refractivity (Wildman–Crippen MR) is 202 cm³/mol. The molecule has 8 atom stereocenters. The van der Waals surface area contributed by atoms with E-state index in [9.17, 15) is 9.90 Å². The molecule has 5 aromatic rings. The summed E-state index contributed by atoms with van der Waals surface area (Å²) < 4.78 is 50.4. The van der Waals surface area contributed by atoms with Gasteiger partial charge in [0, 0.05) is 0 Å². The Morgan fingerprint density at radius 1 is 0.473 bits per heavy atom. The van der Waals surface area contributed by atoms with E-state index >= 15 is 0 Å². The highest BCUT2D eigenvalue weighted by atomic mass is 16.7. The average molecular weight is 747 g/mol. The van der Waals surface area contributed by atoms with Gasteiger partial charge in [0.2, 0.25) is 0 Å². The lowest BCUT2D eigenvalue weighted by Gasteiger charge is -2.27. The summed E-state index contributed by atoms with van der Waals surface area (Å²) in [4.78, 5) is 13.6. The summed E-state index contributed by atoms with van der Waals surface area (Å²) in [6, 6.07) is 47.7. The summed E-state index contributed by atoms with van der Waals surface area (Å²) in [5.74, 6) is -0.548. The molecule has 286 valence electrons. The minimum atomic E-state index is -1.28. The van der Waals surface area contributed by atoms with Crippen LogP contribution < -0.4 is 0 Å². The molecule has 2 fully saturated rings. The maximum absolute atomic E-state index is 13.6. The fourth-order valence-corrected chi connectivity index (χ4v) is 6.63. The van der Waals surface area contributed by atoms with Crippen LogP contribution in [0.3, 0.4) is 0 Å². The second-order valence-electron chi connectivity index (χ2n) is 13.5. The Kier molecular flexibility index (Phi) is 13.8. The molecule has 0 aliphatic carbocycles. The molecule has 5 aromatic carbocycles. The molecular formula is C45H46O10. The number of hydrogen-bond donors (Lipinski definition) is 1. The van der Waals surface area contributed by atoms with Crippen LogP contribution in [0.15, 0.2) is 152 Å². The number of esters is 1. The molecule has 0 unspecified atom stereocenters. The summed E-state index contributed by atoms with van der Waals surface area (Å²) in [5, 5.41) is 11.1. The third-order valence-corrected chi connectivity index (χ3v) is 9.48. The highest BCUT2D eigenvalue weighted by Gasteiger charge is 2.51. The molecule has 0 aromatic heterocycles. The Morgan fingerprint density at radius 2 is 0.891 bits per heavy atom. The number of benzene rings is 5. The molecule has 2 aliphatic rings. The van der Waals surface area contributed by atoms with Crippen LogP contribution in [0, 0.1) is 0 Å². The van der Waals surface area contributed by atoms with Gasteiger partial charge in [-0.3, -0.25) is 0 Å². The van der Waals surface area contributed by atoms with E-state index in [2.05, 4.69) is 0 Å². The zero-order valence-electron chi connectivity index (χ0n) is 30.4. The Morgan fingerprint density at radius 3 is 1.40 bits per heavy atom. The number of ether oxygens (including phenoxy) is 8. The number of carbonyl (C=O) groups is 1. The van der Waals surface area contributed by atoms with E-state index in [4.69, 9.17) is 37.9 Å². The molecule has 2 heterocycles. The fourth-order valence-electron chi connectivity index (χ4n) is 6.63.